The van der Waals surface area contributed by atoms with Crippen LogP contribution in [0.15, 0.2) is 66.7 Å². The molecule has 3 aromatic carbocycles. The summed E-state index contributed by atoms with van der Waals surface area (Å²) in [5, 5.41) is 29.1. The second kappa shape index (κ2) is 20.3. The van der Waals surface area contributed by atoms with E-state index in [1.807, 2.05) is 20.8 Å². The first-order valence-corrected chi connectivity index (χ1v) is 15.5. The number of hydrogen-bond acceptors (Lipinski definition) is 11. The number of rotatable bonds is 18. The van der Waals surface area contributed by atoms with E-state index in [4.69, 9.17) is 14.6 Å². The highest BCUT2D eigenvalue weighted by Crippen LogP contribution is 2.27. The average molecular weight is 697 g/mol. The number of nitrogens with zero attached hydrogens (tertiary/aromatic N) is 3. The quantitative estimate of drug-likeness (QED) is 0.0733. The third-order valence-electron chi connectivity index (χ3n) is 7.19. The molecule has 2 amide bonds. The molecule has 0 aromatic heterocycles. The zero-order chi connectivity index (χ0) is 37.2. The largest absolute Gasteiger partial charge is 0.492 e. The summed E-state index contributed by atoms with van der Waals surface area (Å²) in [5.41, 5.74) is 2.99. The number of carbonyl (C=O) groups excluding carboxylic acids is 3. The zero-order valence-corrected chi connectivity index (χ0v) is 28.1. The molecule has 3 aromatic rings. The lowest BCUT2D eigenvalue weighted by Crippen LogP contribution is -2.41. The van der Waals surface area contributed by atoms with Crippen molar-refractivity contribution >= 4 is 29.8 Å². The van der Waals surface area contributed by atoms with Gasteiger partial charge in [-0.1, -0.05) is 43.3 Å². The van der Waals surface area contributed by atoms with Gasteiger partial charge in [-0.25, -0.2) is 0 Å². The van der Waals surface area contributed by atoms with Crippen LogP contribution in [0.2, 0.25) is 0 Å². The van der Waals surface area contributed by atoms with Gasteiger partial charge in [0.25, 0.3) is 22.6 Å². The highest BCUT2D eigenvalue weighted by molar-refractivity contribution is 5.99. The van der Waals surface area contributed by atoms with Crippen LogP contribution in [0.3, 0.4) is 0 Å². The van der Waals surface area contributed by atoms with Gasteiger partial charge in [-0.15, -0.1) is 20.2 Å². The van der Waals surface area contributed by atoms with Gasteiger partial charge >= 0.3 is 0 Å². The maximum absolute atomic E-state index is 13.7. The molecule has 0 bridgehead atoms. The Hall–Kier alpha value is -6.06. The van der Waals surface area contributed by atoms with E-state index in [1.54, 1.807) is 71.6 Å². The van der Waals surface area contributed by atoms with Crippen LogP contribution in [-0.2, 0) is 32.5 Å². The summed E-state index contributed by atoms with van der Waals surface area (Å²) < 4.78 is 6.21. The van der Waals surface area contributed by atoms with Gasteiger partial charge in [0.15, 0.2) is 5.78 Å². The summed E-state index contributed by atoms with van der Waals surface area (Å²) in [6.07, 6.45) is 1.02. The van der Waals surface area contributed by atoms with Crippen molar-refractivity contribution in [3.05, 3.63) is 115 Å². The Kier molecular flexibility index (Phi) is 16.3. The molecular formula is C34H40N4O12. The Morgan fingerprint density at radius 3 is 1.94 bits per heavy atom. The fraction of sp³-hybridized carbons (Fsp3) is 0.353. The number of carboxylic acid groups (broad SMARTS) is 1. The molecule has 0 aliphatic carbocycles. The van der Waals surface area contributed by atoms with Crippen molar-refractivity contribution in [2.24, 2.45) is 0 Å². The average Bonchev–Trinajstić information content (AvgIpc) is 3.07. The van der Waals surface area contributed by atoms with Gasteiger partial charge in [0.2, 0.25) is 5.91 Å². The van der Waals surface area contributed by atoms with Gasteiger partial charge in [0, 0.05) is 36.2 Å². The highest BCUT2D eigenvalue weighted by Gasteiger charge is 2.25. The molecule has 3 rings (SSSR count). The normalized spacial score (nSPS) is 10.9. The van der Waals surface area contributed by atoms with E-state index in [-0.39, 0.29) is 62.0 Å². The van der Waals surface area contributed by atoms with Gasteiger partial charge in [0.05, 0.1) is 12.2 Å². The van der Waals surface area contributed by atoms with Crippen molar-refractivity contribution in [1.82, 2.24) is 4.90 Å². The number of carbonyl (C=O) groups is 4. The Labute approximate surface area is 288 Å². The topological polar surface area (TPSA) is 218 Å². The fourth-order valence-corrected chi connectivity index (χ4v) is 4.72. The number of hydrogen-bond donors (Lipinski definition) is 2. The zero-order valence-electron chi connectivity index (χ0n) is 28.1. The summed E-state index contributed by atoms with van der Waals surface area (Å²) in [7, 11) is 0. The first kappa shape index (κ1) is 40.1. The maximum Gasteiger partial charge on any atom is 0.294 e. The van der Waals surface area contributed by atoms with E-state index < -0.39 is 16.1 Å². The van der Waals surface area contributed by atoms with Crippen molar-refractivity contribution < 1.29 is 48.9 Å². The number of anilines is 1. The number of nitrogens with one attached hydrogen (secondary N) is 1. The molecule has 0 fully saturated rings. The molecule has 0 aliphatic heterocycles. The summed E-state index contributed by atoms with van der Waals surface area (Å²) in [4.78, 5) is 78.4. The van der Waals surface area contributed by atoms with Crippen LogP contribution in [0.5, 0.6) is 5.75 Å². The van der Waals surface area contributed by atoms with Gasteiger partial charge in [-0.3, -0.25) is 19.2 Å². The van der Waals surface area contributed by atoms with Gasteiger partial charge in [-0.05, 0) is 74.2 Å². The number of amides is 2. The lowest BCUT2D eigenvalue weighted by molar-refractivity contribution is -0.763. The molecule has 50 heavy (non-hydrogen) atoms. The van der Waals surface area contributed by atoms with Crippen LogP contribution in [-0.4, -0.2) is 63.4 Å². The van der Waals surface area contributed by atoms with Crippen LogP contribution in [0.25, 0.3) is 0 Å². The molecule has 1 unspecified atom stereocenters. The molecule has 16 heteroatoms. The molecule has 0 spiro atoms. The molecule has 0 saturated heterocycles. The van der Waals surface area contributed by atoms with E-state index in [2.05, 4.69) is 15.0 Å². The number of ketones is 1. The minimum Gasteiger partial charge on any atom is -0.492 e. The Morgan fingerprint density at radius 1 is 0.920 bits per heavy atom. The van der Waals surface area contributed by atoms with Crippen molar-refractivity contribution in [2.45, 2.75) is 65.7 Å². The molecule has 0 aliphatic rings. The number of Topliss-reactive ketones (excluding diaryl/α,β-unsaturated/α-hetero) is 1. The molecule has 2 N–H and O–H groups in total. The first-order valence-electron chi connectivity index (χ1n) is 15.5. The monoisotopic (exact) mass is 696 g/mol. The van der Waals surface area contributed by atoms with Crippen molar-refractivity contribution in [1.29, 1.82) is 0 Å². The van der Waals surface area contributed by atoms with Crippen LogP contribution < -0.4 is 10.1 Å². The molecule has 0 radical (unpaired) electrons. The molecule has 268 valence electrons. The first-order chi connectivity index (χ1) is 23.8. The van der Waals surface area contributed by atoms with Crippen molar-refractivity contribution in [3.63, 3.8) is 0 Å². The van der Waals surface area contributed by atoms with Crippen molar-refractivity contribution in [2.75, 3.05) is 18.5 Å². The predicted molar refractivity (Wildman–Crippen MR) is 180 cm³/mol. The van der Waals surface area contributed by atoms with Crippen LogP contribution in [0.1, 0.15) is 83.9 Å². The summed E-state index contributed by atoms with van der Waals surface area (Å²) in [5.74, 6) is -0.810. The molecule has 16 nitrogen and oxygen atoms in total. The Balaban J connectivity index is 0.00000278. The van der Waals surface area contributed by atoms with E-state index in [9.17, 15) is 34.6 Å². The molecule has 1 atom stereocenters. The Bertz CT molecular complexity index is 1610. The second-order valence-corrected chi connectivity index (χ2v) is 11.2. The maximum atomic E-state index is 13.7. The third-order valence-corrected chi connectivity index (χ3v) is 7.19. The fourth-order valence-electron chi connectivity index (χ4n) is 4.72. The lowest BCUT2D eigenvalue weighted by atomic mass is 9.97. The van der Waals surface area contributed by atoms with Gasteiger partial charge in [-0.2, -0.15) is 0 Å². The second-order valence-electron chi connectivity index (χ2n) is 11.2. The van der Waals surface area contributed by atoms with E-state index >= 15 is 0 Å². The highest BCUT2D eigenvalue weighted by atomic mass is 17.0. The van der Waals surface area contributed by atoms with E-state index in [0.29, 0.717) is 41.0 Å². The van der Waals surface area contributed by atoms with E-state index in [1.165, 1.54) is 6.92 Å². The third kappa shape index (κ3) is 13.2. The number of benzene rings is 3. The summed E-state index contributed by atoms with van der Waals surface area (Å²) >= 11 is 0. The minimum atomic E-state index is -0.886. The van der Waals surface area contributed by atoms with Crippen LogP contribution in [0, 0.1) is 20.2 Å². The SMILES string of the molecule is CCCC(=O)Nc1ccc(OCC(CN(C(=O)c2ccc(CO[N+](=O)[O-])cc2)C(C)C)c2ccc(CO[N+](=O)[O-])cc2)c(C(C)=O)c1.O=CO. The molecule has 0 saturated carbocycles. The predicted octanol–water partition coefficient (Wildman–Crippen LogP) is 5.46. The minimum absolute atomic E-state index is 0.0558. The standard InChI is InChI=1S/C33H38N4O10.CH2O2/c1-5-6-32(39)34-29-15-16-31(30(17-29)23(4)38)45-21-28(26-11-7-24(8-12-26)19-46-36(41)42)18-35(22(2)3)33(40)27-13-9-25(10-14-27)20-47-37(43)44;2-1-3/h7-17,22,28H,5-6,18-21H2,1-4H3,(H,34,39);1H,(H,2,3). The lowest BCUT2D eigenvalue weighted by Gasteiger charge is -2.31. The van der Waals surface area contributed by atoms with Gasteiger partial charge < -0.3 is 29.7 Å². The Morgan fingerprint density at radius 2 is 1.46 bits per heavy atom. The van der Waals surface area contributed by atoms with Gasteiger partial charge in [0.1, 0.15) is 19.0 Å². The van der Waals surface area contributed by atoms with Crippen LogP contribution >= 0.6 is 0 Å². The van der Waals surface area contributed by atoms with Crippen LogP contribution in [0.4, 0.5) is 5.69 Å². The summed E-state index contributed by atoms with van der Waals surface area (Å²) in [6, 6.07) is 17.8. The molecular weight excluding hydrogens is 656 g/mol. The smallest absolute Gasteiger partial charge is 0.294 e. The van der Waals surface area contributed by atoms with Crippen molar-refractivity contribution in [3.8, 4) is 5.75 Å². The number of ether oxygens (including phenoxy) is 1. The summed E-state index contributed by atoms with van der Waals surface area (Å²) in [6.45, 7) is 6.57. The van der Waals surface area contributed by atoms with E-state index in [0.717, 1.165) is 5.56 Å². The molecule has 0 heterocycles.